The van der Waals surface area contributed by atoms with Crippen LogP contribution in [0.5, 0.6) is 0 Å². The molecule has 0 aliphatic heterocycles. The predicted molar refractivity (Wildman–Crippen MR) is 104 cm³/mol. The maximum Gasteiger partial charge on any atom is 0.272 e. The number of anilines is 1. The van der Waals surface area contributed by atoms with Crippen LogP contribution in [-0.2, 0) is 13.0 Å². The molecule has 26 heavy (non-hydrogen) atoms. The highest BCUT2D eigenvalue weighted by Crippen LogP contribution is 2.15. The van der Waals surface area contributed by atoms with E-state index in [2.05, 4.69) is 27.8 Å². The number of halogens is 1. The average Bonchev–Trinajstić information content (AvgIpc) is 2.68. The molecule has 0 aliphatic carbocycles. The number of carbonyl (C=O) groups is 1. The Kier molecular flexibility index (Phi) is 6.23. The number of carbonyl (C=O) groups excluding carboxylic acids is 1. The fraction of sp³-hybridized carbons (Fsp3) is 0.143. The van der Waals surface area contributed by atoms with Gasteiger partial charge in [-0.05, 0) is 24.1 Å². The number of aromatic amines is 1. The molecule has 0 radical (unpaired) electrons. The smallest absolute Gasteiger partial charge is 0.272 e. The van der Waals surface area contributed by atoms with Crippen molar-refractivity contribution < 1.29 is 9.78 Å². The van der Waals surface area contributed by atoms with Crippen molar-refractivity contribution in [2.24, 2.45) is 0 Å². The van der Waals surface area contributed by atoms with Gasteiger partial charge in [-0.15, -0.1) is 0 Å². The molecule has 132 valence electrons. The summed E-state index contributed by atoms with van der Waals surface area (Å²) in [6.07, 6.45) is 2.51. The molecule has 3 rings (SSSR count). The van der Waals surface area contributed by atoms with E-state index in [1.807, 2.05) is 48.5 Å². The van der Waals surface area contributed by atoms with Crippen molar-refractivity contribution in [2.75, 3.05) is 11.9 Å². The van der Waals surface area contributed by atoms with Crippen LogP contribution in [0.2, 0.25) is 5.02 Å². The number of rotatable bonds is 7. The number of nitrogens with one attached hydrogen (secondary N) is 3. The van der Waals surface area contributed by atoms with Crippen molar-refractivity contribution in [1.82, 2.24) is 5.32 Å². The minimum absolute atomic E-state index is 0.0881. The van der Waals surface area contributed by atoms with Gasteiger partial charge in [0.1, 0.15) is 12.7 Å². The van der Waals surface area contributed by atoms with Crippen LogP contribution in [0, 0.1) is 0 Å². The topological polar surface area (TPSA) is 55.3 Å². The Balaban J connectivity index is 1.49. The van der Waals surface area contributed by atoms with Gasteiger partial charge in [0.25, 0.3) is 11.7 Å². The summed E-state index contributed by atoms with van der Waals surface area (Å²) in [4.78, 5) is 15.3. The first-order valence-corrected chi connectivity index (χ1v) is 8.91. The summed E-state index contributed by atoms with van der Waals surface area (Å²) in [5.41, 5.74) is 2.82. The molecule has 1 aromatic heterocycles. The van der Waals surface area contributed by atoms with Gasteiger partial charge in [0.05, 0.1) is 5.56 Å². The fourth-order valence-electron chi connectivity index (χ4n) is 2.58. The minimum atomic E-state index is -0.0881. The highest BCUT2D eigenvalue weighted by atomic mass is 35.5. The molecule has 2 aromatic carbocycles. The average molecular weight is 367 g/mol. The zero-order chi connectivity index (χ0) is 18.2. The summed E-state index contributed by atoms with van der Waals surface area (Å²) >= 11 is 6.15. The Morgan fingerprint density at radius 2 is 1.73 bits per heavy atom. The molecular formula is C21H21ClN3O+. The monoisotopic (exact) mass is 366 g/mol. The SMILES string of the molecule is O=C(NCCc1ccccc1)c1ccc(NCc2ccccc2Cl)[nH+]c1. The molecule has 0 fully saturated rings. The third-order valence-electron chi connectivity index (χ3n) is 4.04. The molecule has 0 saturated carbocycles. The van der Waals surface area contributed by atoms with Crippen molar-refractivity contribution in [3.8, 4) is 0 Å². The summed E-state index contributed by atoms with van der Waals surface area (Å²) in [5.74, 6) is 0.737. The molecule has 0 unspecified atom stereocenters. The number of benzene rings is 2. The van der Waals surface area contributed by atoms with Gasteiger partial charge in [0, 0.05) is 23.2 Å². The Labute approximate surface area is 158 Å². The van der Waals surface area contributed by atoms with Crippen LogP contribution in [0.1, 0.15) is 21.5 Å². The molecule has 3 N–H and O–H groups in total. The van der Waals surface area contributed by atoms with Gasteiger partial charge in [0.15, 0.2) is 0 Å². The third kappa shape index (κ3) is 5.07. The summed E-state index contributed by atoms with van der Waals surface area (Å²) in [6.45, 7) is 1.22. The van der Waals surface area contributed by atoms with Crippen molar-refractivity contribution in [3.63, 3.8) is 0 Å². The second kappa shape index (κ2) is 9.02. The zero-order valence-corrected chi connectivity index (χ0v) is 15.1. The van der Waals surface area contributed by atoms with Gasteiger partial charge in [0.2, 0.25) is 0 Å². The zero-order valence-electron chi connectivity index (χ0n) is 14.3. The first-order chi connectivity index (χ1) is 12.7. The Morgan fingerprint density at radius 3 is 2.46 bits per heavy atom. The summed E-state index contributed by atoms with van der Waals surface area (Å²) in [7, 11) is 0. The highest BCUT2D eigenvalue weighted by molar-refractivity contribution is 6.31. The number of amides is 1. The van der Waals surface area contributed by atoms with Gasteiger partial charge in [-0.2, -0.15) is 0 Å². The first-order valence-electron chi connectivity index (χ1n) is 8.53. The lowest BCUT2D eigenvalue weighted by molar-refractivity contribution is -0.361. The molecule has 1 amide bonds. The maximum atomic E-state index is 12.2. The summed E-state index contributed by atoms with van der Waals surface area (Å²) in [6, 6.07) is 21.4. The molecule has 3 aromatic rings. The largest absolute Gasteiger partial charge is 0.352 e. The van der Waals surface area contributed by atoms with E-state index >= 15 is 0 Å². The Hall–Kier alpha value is -2.85. The second-order valence-electron chi connectivity index (χ2n) is 5.93. The van der Waals surface area contributed by atoms with Gasteiger partial charge >= 0.3 is 0 Å². The van der Waals surface area contributed by atoms with Crippen molar-refractivity contribution in [3.05, 3.63) is 94.6 Å². The Morgan fingerprint density at radius 1 is 0.962 bits per heavy atom. The van der Waals surface area contributed by atoms with E-state index in [9.17, 15) is 4.79 Å². The standard InChI is InChI=1S/C21H20ClN3O/c22-19-9-5-4-8-17(19)14-24-20-11-10-18(15-25-20)21(26)23-13-12-16-6-2-1-3-7-16/h1-11,15H,12-14H2,(H,23,26)(H,24,25)/p+1. The minimum Gasteiger partial charge on any atom is -0.352 e. The first kappa shape index (κ1) is 18.0. The summed E-state index contributed by atoms with van der Waals surface area (Å²) < 4.78 is 0. The Bertz CT molecular complexity index is 851. The van der Waals surface area contributed by atoms with Crippen LogP contribution < -0.4 is 15.6 Å². The number of hydrogen-bond acceptors (Lipinski definition) is 2. The number of H-pyrrole nitrogens is 1. The molecular weight excluding hydrogens is 346 g/mol. The highest BCUT2D eigenvalue weighted by Gasteiger charge is 2.09. The van der Waals surface area contributed by atoms with Gasteiger partial charge in [-0.3, -0.25) is 10.1 Å². The van der Waals surface area contributed by atoms with Crippen molar-refractivity contribution >= 4 is 23.3 Å². The lowest BCUT2D eigenvalue weighted by Crippen LogP contribution is -2.27. The maximum absolute atomic E-state index is 12.2. The molecule has 5 heteroatoms. The van der Waals surface area contributed by atoms with E-state index in [0.29, 0.717) is 18.7 Å². The molecule has 0 bridgehead atoms. The van der Waals surface area contributed by atoms with Crippen LogP contribution in [0.3, 0.4) is 0 Å². The number of pyridine rings is 1. The molecule has 1 heterocycles. The lowest BCUT2D eigenvalue weighted by atomic mass is 10.1. The van der Waals surface area contributed by atoms with Crippen molar-refractivity contribution in [1.29, 1.82) is 0 Å². The van der Waals surface area contributed by atoms with Crippen molar-refractivity contribution in [2.45, 2.75) is 13.0 Å². The summed E-state index contributed by atoms with van der Waals surface area (Å²) in [5, 5.41) is 6.93. The van der Waals surface area contributed by atoms with E-state index in [1.54, 1.807) is 12.3 Å². The predicted octanol–water partition coefficient (Wildman–Crippen LogP) is 3.74. The molecule has 0 spiro atoms. The normalized spacial score (nSPS) is 10.3. The molecule has 4 nitrogen and oxygen atoms in total. The van der Waals surface area contributed by atoms with E-state index in [1.165, 1.54) is 5.56 Å². The number of hydrogen-bond donors (Lipinski definition) is 2. The van der Waals surface area contributed by atoms with Gasteiger partial charge < -0.3 is 5.32 Å². The quantitative estimate of drug-likeness (QED) is 0.669. The lowest BCUT2D eigenvalue weighted by Gasteiger charge is -2.05. The molecule has 0 atom stereocenters. The van der Waals surface area contributed by atoms with Gasteiger partial charge in [-0.1, -0.05) is 60.1 Å². The molecule has 0 aliphatic rings. The van der Waals surface area contributed by atoms with E-state index in [-0.39, 0.29) is 5.91 Å². The second-order valence-corrected chi connectivity index (χ2v) is 6.33. The fourth-order valence-corrected chi connectivity index (χ4v) is 2.78. The van der Waals surface area contributed by atoms with E-state index < -0.39 is 0 Å². The van der Waals surface area contributed by atoms with Crippen LogP contribution in [0.4, 0.5) is 5.82 Å². The van der Waals surface area contributed by atoms with E-state index in [0.717, 1.165) is 22.8 Å². The third-order valence-corrected chi connectivity index (χ3v) is 4.41. The number of aromatic nitrogens is 1. The van der Waals surface area contributed by atoms with Gasteiger partial charge in [-0.25, -0.2) is 4.98 Å². The van der Waals surface area contributed by atoms with E-state index in [4.69, 9.17) is 11.6 Å². The van der Waals surface area contributed by atoms with Crippen LogP contribution in [-0.4, -0.2) is 12.5 Å². The van der Waals surface area contributed by atoms with Crippen LogP contribution in [0.25, 0.3) is 0 Å². The molecule has 0 saturated heterocycles. The van der Waals surface area contributed by atoms with Crippen LogP contribution >= 0.6 is 11.6 Å². The van der Waals surface area contributed by atoms with Crippen LogP contribution in [0.15, 0.2) is 72.9 Å².